The lowest BCUT2D eigenvalue weighted by Crippen LogP contribution is -2.15. The maximum absolute atomic E-state index is 11.9. The van der Waals surface area contributed by atoms with Crippen LogP contribution in [0.3, 0.4) is 0 Å². The second kappa shape index (κ2) is 27.3. The molecule has 1 rings (SSSR count). The number of ether oxygens (including phenoxy) is 8. The Bertz CT molecular complexity index is 913. The molecule has 1 N–H and O–H groups in total. The highest BCUT2D eigenvalue weighted by Gasteiger charge is 2.13. The van der Waals surface area contributed by atoms with Gasteiger partial charge in [-0.3, -0.25) is 13.8 Å². The van der Waals surface area contributed by atoms with E-state index in [2.05, 4.69) is 0 Å². The van der Waals surface area contributed by atoms with Gasteiger partial charge in [0.25, 0.3) is 10.1 Å². The van der Waals surface area contributed by atoms with Gasteiger partial charge in [0.15, 0.2) is 0 Å². The molecule has 1 aromatic rings. The van der Waals surface area contributed by atoms with E-state index in [4.69, 9.17) is 47.2 Å². The molecule has 0 fully saturated rings. The van der Waals surface area contributed by atoms with Crippen LogP contribution >= 0.6 is 0 Å². The quantitative estimate of drug-likeness (QED) is 0.0707. The highest BCUT2D eigenvalue weighted by molar-refractivity contribution is 7.86. The lowest BCUT2D eigenvalue weighted by Gasteiger charge is -2.09. The van der Waals surface area contributed by atoms with Gasteiger partial charge in [0.1, 0.15) is 6.61 Å². The van der Waals surface area contributed by atoms with E-state index in [0.29, 0.717) is 92.1 Å². The van der Waals surface area contributed by atoms with Gasteiger partial charge in [0, 0.05) is 12.8 Å². The van der Waals surface area contributed by atoms with Gasteiger partial charge in [0.05, 0.1) is 104 Å². The third-order valence-corrected chi connectivity index (χ3v) is 6.57. The number of carboxylic acid groups (broad SMARTS) is 1. The minimum Gasteiger partial charge on any atom is -0.481 e. The van der Waals surface area contributed by atoms with Crippen molar-refractivity contribution in [2.75, 3.05) is 106 Å². The fourth-order valence-electron chi connectivity index (χ4n) is 3.11. The van der Waals surface area contributed by atoms with Crippen molar-refractivity contribution in [3.05, 3.63) is 30.3 Å². The summed E-state index contributed by atoms with van der Waals surface area (Å²) in [6.45, 7) is 5.36. The standard InChI is InChI=1S/C28H46O14S/c29-27(30)8-4-5-9-28(31)41-24-22-39-20-18-37-16-14-35-12-10-34-11-13-36-15-17-38-19-21-40-23-25-42-43(32,33)26-6-2-1-3-7-26/h1-3,6-7H,4-5,8-25H2,(H,29,30). The topological polar surface area (TPSA) is 172 Å². The van der Waals surface area contributed by atoms with Crippen LogP contribution in [-0.2, 0) is 61.8 Å². The fraction of sp³-hybridized carbons (Fsp3) is 0.714. The van der Waals surface area contributed by atoms with Crippen molar-refractivity contribution < 1.29 is 65.2 Å². The average Bonchev–Trinajstić information content (AvgIpc) is 2.99. The van der Waals surface area contributed by atoms with Gasteiger partial charge in [-0.2, -0.15) is 8.42 Å². The number of benzene rings is 1. The SMILES string of the molecule is O=C(O)CCCCC(=O)OCCOCCOCCOCCOCCOCCOCCOCCOS(=O)(=O)c1ccccc1. The molecule has 0 amide bonds. The molecule has 0 saturated heterocycles. The highest BCUT2D eigenvalue weighted by atomic mass is 32.2. The maximum atomic E-state index is 11.9. The normalized spacial score (nSPS) is 11.5. The second-order valence-corrected chi connectivity index (χ2v) is 10.3. The number of carboxylic acids is 1. The molecule has 0 aliphatic rings. The summed E-state index contributed by atoms with van der Waals surface area (Å²) in [5.74, 6) is -1.23. The van der Waals surface area contributed by atoms with Gasteiger partial charge in [-0.05, 0) is 25.0 Å². The second-order valence-electron chi connectivity index (χ2n) is 8.70. The van der Waals surface area contributed by atoms with E-state index in [1.165, 1.54) is 12.1 Å². The van der Waals surface area contributed by atoms with Gasteiger partial charge in [-0.15, -0.1) is 0 Å². The molecule has 0 bridgehead atoms. The number of esters is 1. The molecule has 0 saturated carbocycles. The van der Waals surface area contributed by atoms with E-state index in [-0.39, 0.29) is 50.1 Å². The van der Waals surface area contributed by atoms with Crippen LogP contribution in [0.4, 0.5) is 0 Å². The number of hydrogen-bond donors (Lipinski definition) is 1. The Hall–Kier alpha value is -2.21. The van der Waals surface area contributed by atoms with Crippen molar-refractivity contribution in [1.82, 2.24) is 0 Å². The predicted molar refractivity (Wildman–Crippen MR) is 152 cm³/mol. The average molecular weight is 639 g/mol. The first kappa shape index (κ1) is 38.8. The Morgan fingerprint density at radius 3 is 1.33 bits per heavy atom. The molecule has 248 valence electrons. The van der Waals surface area contributed by atoms with Crippen LogP contribution in [0.5, 0.6) is 0 Å². The van der Waals surface area contributed by atoms with Crippen LogP contribution < -0.4 is 0 Å². The van der Waals surface area contributed by atoms with Crippen molar-refractivity contribution in [3.63, 3.8) is 0 Å². The van der Waals surface area contributed by atoms with E-state index >= 15 is 0 Å². The zero-order valence-electron chi connectivity index (χ0n) is 24.7. The molecular formula is C28H46O14S. The number of carbonyl (C=O) groups is 2. The van der Waals surface area contributed by atoms with Crippen molar-refractivity contribution in [2.24, 2.45) is 0 Å². The Balaban J connectivity index is 1.71. The Morgan fingerprint density at radius 2 is 0.907 bits per heavy atom. The number of aliphatic carboxylic acids is 1. The van der Waals surface area contributed by atoms with Gasteiger partial charge in [0.2, 0.25) is 0 Å². The molecule has 0 aromatic heterocycles. The summed E-state index contributed by atoms with van der Waals surface area (Å²) in [4.78, 5) is 22.0. The number of carbonyl (C=O) groups excluding carboxylic acids is 1. The van der Waals surface area contributed by atoms with E-state index in [1.807, 2.05) is 0 Å². The van der Waals surface area contributed by atoms with E-state index in [9.17, 15) is 18.0 Å². The first-order valence-corrected chi connectivity index (χ1v) is 15.7. The van der Waals surface area contributed by atoms with Gasteiger partial charge >= 0.3 is 11.9 Å². The minimum absolute atomic E-state index is 0.0531. The van der Waals surface area contributed by atoms with Gasteiger partial charge < -0.3 is 43.0 Å². The maximum Gasteiger partial charge on any atom is 0.305 e. The van der Waals surface area contributed by atoms with Crippen molar-refractivity contribution in [2.45, 2.75) is 30.6 Å². The van der Waals surface area contributed by atoms with Crippen LogP contribution in [0.15, 0.2) is 35.2 Å². The van der Waals surface area contributed by atoms with Crippen LogP contribution in [0.2, 0.25) is 0 Å². The molecule has 0 atom stereocenters. The molecule has 0 heterocycles. The summed E-state index contributed by atoms with van der Waals surface area (Å²) in [6, 6.07) is 7.93. The van der Waals surface area contributed by atoms with Crippen molar-refractivity contribution in [3.8, 4) is 0 Å². The highest BCUT2D eigenvalue weighted by Crippen LogP contribution is 2.10. The molecule has 14 nitrogen and oxygen atoms in total. The summed E-state index contributed by atoms with van der Waals surface area (Å²) < 4.78 is 71.4. The summed E-state index contributed by atoms with van der Waals surface area (Å²) in [5, 5.41) is 8.53. The molecule has 1 aromatic carbocycles. The van der Waals surface area contributed by atoms with Crippen LogP contribution in [-0.4, -0.2) is 131 Å². The van der Waals surface area contributed by atoms with Gasteiger partial charge in [-0.1, -0.05) is 18.2 Å². The lowest BCUT2D eigenvalue weighted by atomic mass is 10.2. The first-order valence-electron chi connectivity index (χ1n) is 14.3. The van der Waals surface area contributed by atoms with Crippen LogP contribution in [0.1, 0.15) is 25.7 Å². The molecule has 0 aliphatic carbocycles. The third-order valence-electron chi connectivity index (χ3n) is 5.24. The van der Waals surface area contributed by atoms with Gasteiger partial charge in [-0.25, -0.2) is 0 Å². The molecule has 15 heteroatoms. The minimum atomic E-state index is -3.77. The Morgan fingerprint density at radius 1 is 0.535 bits per heavy atom. The van der Waals surface area contributed by atoms with Crippen LogP contribution in [0.25, 0.3) is 0 Å². The predicted octanol–water partition coefficient (Wildman–Crippen LogP) is 1.70. The summed E-state index contributed by atoms with van der Waals surface area (Å²) in [5.41, 5.74) is 0. The summed E-state index contributed by atoms with van der Waals surface area (Å²) >= 11 is 0. The molecule has 0 spiro atoms. The zero-order chi connectivity index (χ0) is 31.3. The molecule has 43 heavy (non-hydrogen) atoms. The Labute approximate surface area is 253 Å². The van der Waals surface area contributed by atoms with Crippen molar-refractivity contribution in [1.29, 1.82) is 0 Å². The first-order chi connectivity index (χ1) is 20.9. The number of hydrogen-bond acceptors (Lipinski definition) is 13. The third kappa shape index (κ3) is 24.9. The molecule has 0 radical (unpaired) electrons. The lowest BCUT2D eigenvalue weighted by molar-refractivity contribution is -0.146. The van der Waals surface area contributed by atoms with E-state index in [0.717, 1.165) is 0 Å². The largest absolute Gasteiger partial charge is 0.481 e. The fourth-order valence-corrected chi connectivity index (χ4v) is 4.03. The Kier molecular flexibility index (Phi) is 24.7. The zero-order valence-corrected chi connectivity index (χ0v) is 25.5. The van der Waals surface area contributed by atoms with E-state index < -0.39 is 16.1 Å². The summed E-state index contributed by atoms with van der Waals surface area (Å²) in [7, 11) is -3.77. The molecular weight excluding hydrogens is 592 g/mol. The summed E-state index contributed by atoms with van der Waals surface area (Å²) in [6.07, 6.45) is 1.20. The van der Waals surface area contributed by atoms with Crippen molar-refractivity contribution >= 4 is 22.1 Å². The number of rotatable bonds is 31. The monoisotopic (exact) mass is 638 g/mol. The molecule has 0 unspecified atom stereocenters. The smallest absolute Gasteiger partial charge is 0.305 e. The van der Waals surface area contributed by atoms with E-state index in [1.54, 1.807) is 18.2 Å². The number of unbranched alkanes of at least 4 members (excludes halogenated alkanes) is 1. The molecule has 0 aliphatic heterocycles. The van der Waals surface area contributed by atoms with Crippen LogP contribution in [0, 0.1) is 0 Å².